The Labute approximate surface area is 89.7 Å². The van der Waals surface area contributed by atoms with Crippen molar-refractivity contribution in [3.63, 3.8) is 0 Å². The van der Waals surface area contributed by atoms with Gasteiger partial charge in [-0.15, -0.1) is 0 Å². The summed E-state index contributed by atoms with van der Waals surface area (Å²) in [5.41, 5.74) is 5.59. The van der Waals surface area contributed by atoms with Crippen LogP contribution in [0.3, 0.4) is 0 Å². The second kappa shape index (κ2) is 3.38. The van der Waals surface area contributed by atoms with Gasteiger partial charge in [-0.3, -0.25) is 0 Å². The number of fused-ring (bicyclic) bond motifs is 3. The molecule has 0 unspecified atom stereocenters. The molecule has 2 nitrogen and oxygen atoms in total. The van der Waals surface area contributed by atoms with Crippen molar-refractivity contribution in [1.82, 2.24) is 10.3 Å². The van der Waals surface area contributed by atoms with E-state index in [1.807, 2.05) is 0 Å². The van der Waals surface area contributed by atoms with Crippen LogP contribution in [0.25, 0.3) is 10.9 Å². The van der Waals surface area contributed by atoms with Gasteiger partial charge in [0, 0.05) is 23.1 Å². The number of benzene rings is 1. The van der Waals surface area contributed by atoms with Gasteiger partial charge in [-0.05, 0) is 37.4 Å². The van der Waals surface area contributed by atoms with Gasteiger partial charge in [0.1, 0.15) is 0 Å². The molecular formula is C13H16N2. The highest BCUT2D eigenvalue weighted by molar-refractivity contribution is 5.87. The summed E-state index contributed by atoms with van der Waals surface area (Å²) in [5, 5.41) is 4.88. The number of hydrogen-bond donors (Lipinski definition) is 2. The van der Waals surface area contributed by atoms with Crippen molar-refractivity contribution in [3.05, 3.63) is 35.0 Å². The zero-order chi connectivity index (χ0) is 10.3. The van der Waals surface area contributed by atoms with Gasteiger partial charge in [0.2, 0.25) is 0 Å². The lowest BCUT2D eigenvalue weighted by atomic mass is 10.1. The summed E-state index contributed by atoms with van der Waals surface area (Å²) >= 11 is 0. The van der Waals surface area contributed by atoms with Gasteiger partial charge in [0.05, 0.1) is 0 Å². The third kappa shape index (κ3) is 1.37. The predicted octanol–water partition coefficient (Wildman–Crippen LogP) is 2.51. The number of H-pyrrole nitrogens is 1. The Kier molecular flexibility index (Phi) is 2.03. The third-order valence-electron chi connectivity index (χ3n) is 3.32. The molecule has 0 radical (unpaired) electrons. The fourth-order valence-electron chi connectivity index (χ4n) is 2.49. The van der Waals surface area contributed by atoms with E-state index in [1.165, 1.54) is 40.6 Å². The van der Waals surface area contributed by atoms with Crippen LogP contribution in [-0.2, 0) is 13.0 Å². The first-order valence-electron chi connectivity index (χ1n) is 5.66. The quantitative estimate of drug-likeness (QED) is 0.672. The van der Waals surface area contributed by atoms with Gasteiger partial charge in [-0.1, -0.05) is 18.2 Å². The molecule has 2 N–H and O–H groups in total. The van der Waals surface area contributed by atoms with Gasteiger partial charge in [0.15, 0.2) is 0 Å². The van der Waals surface area contributed by atoms with E-state index in [2.05, 4.69) is 35.4 Å². The maximum absolute atomic E-state index is 3.58. The predicted molar refractivity (Wildman–Crippen MR) is 63.1 cm³/mol. The number of nitrogens with one attached hydrogen (secondary N) is 2. The molecular weight excluding hydrogens is 184 g/mol. The minimum atomic E-state index is 1.01. The highest BCUT2D eigenvalue weighted by atomic mass is 14.9. The van der Waals surface area contributed by atoms with Gasteiger partial charge in [-0.25, -0.2) is 0 Å². The van der Waals surface area contributed by atoms with E-state index in [9.17, 15) is 0 Å². The van der Waals surface area contributed by atoms with Crippen LogP contribution in [0.5, 0.6) is 0 Å². The van der Waals surface area contributed by atoms with Crippen molar-refractivity contribution >= 4 is 10.9 Å². The van der Waals surface area contributed by atoms with Gasteiger partial charge in [0.25, 0.3) is 0 Å². The smallest absolute Gasteiger partial charge is 0.0489 e. The first-order valence-corrected chi connectivity index (χ1v) is 5.66. The molecule has 78 valence electrons. The molecule has 2 heterocycles. The molecule has 0 saturated heterocycles. The van der Waals surface area contributed by atoms with Crippen LogP contribution in [0.2, 0.25) is 0 Å². The zero-order valence-corrected chi connectivity index (χ0v) is 9.06. The maximum atomic E-state index is 3.58. The Hall–Kier alpha value is -1.28. The van der Waals surface area contributed by atoms with E-state index in [0.29, 0.717) is 0 Å². The van der Waals surface area contributed by atoms with Crippen molar-refractivity contribution in [2.24, 2.45) is 0 Å². The molecule has 2 aromatic rings. The Morgan fingerprint density at radius 2 is 2.20 bits per heavy atom. The lowest BCUT2D eigenvalue weighted by Crippen LogP contribution is -2.11. The minimum Gasteiger partial charge on any atom is -0.358 e. The molecule has 0 atom stereocenters. The molecule has 0 spiro atoms. The molecule has 2 heteroatoms. The first kappa shape index (κ1) is 8.98. The van der Waals surface area contributed by atoms with Gasteiger partial charge in [-0.2, -0.15) is 0 Å². The lowest BCUT2D eigenvalue weighted by Gasteiger charge is -2.00. The largest absolute Gasteiger partial charge is 0.358 e. The highest BCUT2D eigenvalue weighted by Gasteiger charge is 2.13. The first-order chi connectivity index (χ1) is 7.36. The van der Waals surface area contributed by atoms with Crippen molar-refractivity contribution in [2.75, 3.05) is 6.54 Å². The Balaban J connectivity index is 2.28. The number of para-hydroxylation sites is 1. The monoisotopic (exact) mass is 200 g/mol. The van der Waals surface area contributed by atoms with Crippen LogP contribution in [0.15, 0.2) is 18.2 Å². The number of aromatic amines is 1. The summed E-state index contributed by atoms with van der Waals surface area (Å²) in [5.74, 6) is 0. The van der Waals surface area contributed by atoms with E-state index in [0.717, 1.165) is 13.1 Å². The van der Waals surface area contributed by atoms with Crippen molar-refractivity contribution in [3.8, 4) is 0 Å². The summed E-state index contributed by atoms with van der Waals surface area (Å²) in [4.78, 5) is 3.58. The number of hydrogen-bond acceptors (Lipinski definition) is 1. The minimum absolute atomic E-state index is 1.01. The second-order valence-corrected chi connectivity index (χ2v) is 4.36. The summed E-state index contributed by atoms with van der Waals surface area (Å²) in [7, 11) is 0. The molecule has 3 rings (SSSR count). The number of aryl methyl sites for hydroxylation is 2. The van der Waals surface area contributed by atoms with E-state index < -0.39 is 0 Å². The third-order valence-corrected chi connectivity index (χ3v) is 3.32. The molecule has 0 aliphatic carbocycles. The van der Waals surface area contributed by atoms with Crippen LogP contribution in [0.4, 0.5) is 0 Å². The topological polar surface area (TPSA) is 27.8 Å². The second-order valence-electron chi connectivity index (χ2n) is 4.36. The average Bonchev–Trinajstić information content (AvgIpc) is 2.45. The SMILES string of the molecule is Cc1cccc2c3c([nH]c12)CCCNC3. The molecule has 0 fully saturated rings. The van der Waals surface area contributed by atoms with Crippen LogP contribution >= 0.6 is 0 Å². The summed E-state index contributed by atoms with van der Waals surface area (Å²) in [6.07, 6.45) is 2.41. The summed E-state index contributed by atoms with van der Waals surface area (Å²) < 4.78 is 0. The fraction of sp³-hybridized carbons (Fsp3) is 0.385. The van der Waals surface area contributed by atoms with Gasteiger partial charge < -0.3 is 10.3 Å². The van der Waals surface area contributed by atoms with Crippen LogP contribution in [0.1, 0.15) is 23.2 Å². The highest BCUT2D eigenvalue weighted by Crippen LogP contribution is 2.26. The molecule has 1 aromatic heterocycles. The standard InChI is InChI=1S/C13H16N2/c1-9-4-2-5-10-11-8-14-7-3-6-12(11)15-13(9)10/h2,4-5,14-15H,3,6-8H2,1H3. The van der Waals surface area contributed by atoms with Crippen molar-refractivity contribution in [1.29, 1.82) is 0 Å². The molecule has 0 amide bonds. The van der Waals surface area contributed by atoms with Crippen LogP contribution in [-0.4, -0.2) is 11.5 Å². The number of rotatable bonds is 0. The van der Waals surface area contributed by atoms with Crippen LogP contribution in [0, 0.1) is 6.92 Å². The van der Waals surface area contributed by atoms with Crippen LogP contribution < -0.4 is 5.32 Å². The Morgan fingerprint density at radius 3 is 3.13 bits per heavy atom. The van der Waals surface area contributed by atoms with Crippen molar-refractivity contribution < 1.29 is 0 Å². The number of aromatic nitrogens is 1. The van der Waals surface area contributed by atoms with E-state index in [-0.39, 0.29) is 0 Å². The molecule has 15 heavy (non-hydrogen) atoms. The lowest BCUT2D eigenvalue weighted by molar-refractivity contribution is 0.680. The Bertz CT molecular complexity index is 496. The zero-order valence-electron chi connectivity index (χ0n) is 9.06. The fourth-order valence-corrected chi connectivity index (χ4v) is 2.49. The van der Waals surface area contributed by atoms with Crippen molar-refractivity contribution in [2.45, 2.75) is 26.3 Å². The van der Waals surface area contributed by atoms with E-state index in [1.54, 1.807) is 0 Å². The summed E-state index contributed by atoms with van der Waals surface area (Å²) in [6, 6.07) is 6.55. The molecule has 1 aliphatic rings. The molecule has 0 saturated carbocycles. The normalized spacial score (nSPS) is 16.3. The van der Waals surface area contributed by atoms with E-state index in [4.69, 9.17) is 0 Å². The Morgan fingerprint density at radius 1 is 1.27 bits per heavy atom. The van der Waals surface area contributed by atoms with E-state index >= 15 is 0 Å². The molecule has 1 aliphatic heterocycles. The summed E-state index contributed by atoms with van der Waals surface area (Å²) in [6.45, 7) is 4.32. The molecule has 1 aromatic carbocycles. The molecule has 0 bridgehead atoms. The maximum Gasteiger partial charge on any atom is 0.0489 e. The van der Waals surface area contributed by atoms with Gasteiger partial charge >= 0.3 is 0 Å². The average molecular weight is 200 g/mol.